The zero-order valence-electron chi connectivity index (χ0n) is 10.3. The topological polar surface area (TPSA) is 74.6 Å². The Morgan fingerprint density at radius 3 is 1.28 bits per heavy atom. The number of aliphatic carboxylic acids is 2. The average Bonchev–Trinajstić information content (AvgIpc) is 2.31. The Kier molecular flexibility index (Phi) is 10.2. The van der Waals surface area contributed by atoms with E-state index in [0.29, 0.717) is 12.8 Å². The van der Waals surface area contributed by atoms with Crippen LogP contribution in [-0.4, -0.2) is 32.9 Å². The van der Waals surface area contributed by atoms with Gasteiger partial charge in [0.25, 0.3) is 0 Å². The molecule has 2 unspecified atom stereocenters. The Morgan fingerprint density at radius 1 is 0.722 bits per heavy atom. The third-order valence-corrected chi connectivity index (χ3v) is 3.51. The van der Waals surface area contributed by atoms with Crippen LogP contribution in [0.25, 0.3) is 0 Å². The molecule has 0 aliphatic rings. The second-order valence-electron chi connectivity index (χ2n) is 4.31. The highest BCUT2D eigenvalue weighted by molar-refractivity contribution is 6.29. The molecule has 2 N–H and O–H groups in total. The normalized spacial score (nSPS) is 14.1. The molecule has 106 valence electrons. The molecule has 0 heterocycles. The maximum absolute atomic E-state index is 10.4. The van der Waals surface area contributed by atoms with Gasteiger partial charge in [-0.3, -0.25) is 9.59 Å². The lowest BCUT2D eigenvalue weighted by Gasteiger charge is -2.05. The van der Waals surface area contributed by atoms with E-state index in [0.717, 1.165) is 38.5 Å². The van der Waals surface area contributed by atoms with E-state index in [1.54, 1.807) is 0 Å². The Morgan fingerprint density at radius 2 is 1.00 bits per heavy atom. The summed E-state index contributed by atoms with van der Waals surface area (Å²) in [5, 5.41) is 15.6. The molecule has 0 aromatic rings. The molecule has 0 aliphatic heterocycles. The van der Waals surface area contributed by atoms with Gasteiger partial charge in [-0.1, -0.05) is 38.5 Å². The van der Waals surface area contributed by atoms with Crippen LogP contribution in [0.4, 0.5) is 0 Å². The molecular weight excluding hydrogens is 279 g/mol. The maximum Gasteiger partial charge on any atom is 0.321 e. The van der Waals surface area contributed by atoms with Gasteiger partial charge < -0.3 is 10.2 Å². The van der Waals surface area contributed by atoms with E-state index in [1.807, 2.05) is 0 Å². The zero-order valence-corrected chi connectivity index (χ0v) is 11.8. The standard InChI is InChI=1S/C12H20Cl2O4/c13-9(11(15)16)7-5-3-1-2-4-6-8-10(14)12(17)18/h9-10H,1-8H2,(H,15,16)(H,17,18). The van der Waals surface area contributed by atoms with Crippen molar-refractivity contribution in [3.05, 3.63) is 0 Å². The molecule has 0 radical (unpaired) electrons. The second kappa shape index (κ2) is 10.4. The number of unbranched alkanes of at least 4 members (excludes halogenated alkanes) is 5. The van der Waals surface area contributed by atoms with Gasteiger partial charge in [-0.05, 0) is 12.8 Å². The van der Waals surface area contributed by atoms with E-state index in [9.17, 15) is 9.59 Å². The minimum absolute atomic E-state index is 0.500. The number of carboxylic acid groups (broad SMARTS) is 2. The summed E-state index contributed by atoms with van der Waals surface area (Å²) in [5.41, 5.74) is 0. The lowest BCUT2D eigenvalue weighted by atomic mass is 10.1. The molecule has 0 spiro atoms. The molecule has 0 fully saturated rings. The van der Waals surface area contributed by atoms with Crippen molar-refractivity contribution in [1.82, 2.24) is 0 Å². The Hall–Kier alpha value is -0.480. The number of alkyl halides is 2. The van der Waals surface area contributed by atoms with Crippen molar-refractivity contribution in [2.75, 3.05) is 0 Å². The molecule has 0 bridgehead atoms. The van der Waals surface area contributed by atoms with Gasteiger partial charge in [-0.15, -0.1) is 23.2 Å². The minimum atomic E-state index is -0.960. The Labute approximate surface area is 117 Å². The summed E-state index contributed by atoms with van der Waals surface area (Å²) in [7, 11) is 0. The first-order valence-corrected chi connectivity index (χ1v) is 7.06. The van der Waals surface area contributed by atoms with E-state index < -0.39 is 22.7 Å². The summed E-state index contributed by atoms with van der Waals surface area (Å²) in [6, 6.07) is 0. The van der Waals surface area contributed by atoms with Crippen LogP contribution in [0, 0.1) is 0 Å². The lowest BCUT2D eigenvalue weighted by molar-refractivity contribution is -0.137. The van der Waals surface area contributed by atoms with Gasteiger partial charge in [0, 0.05) is 0 Å². The van der Waals surface area contributed by atoms with Crippen LogP contribution in [-0.2, 0) is 9.59 Å². The third kappa shape index (κ3) is 9.54. The zero-order chi connectivity index (χ0) is 14.0. The molecule has 4 nitrogen and oxygen atoms in total. The molecule has 0 amide bonds. The van der Waals surface area contributed by atoms with E-state index in [-0.39, 0.29) is 0 Å². The number of carbonyl (C=O) groups is 2. The SMILES string of the molecule is O=C(O)C(Cl)CCCCCCCCC(Cl)C(=O)O. The van der Waals surface area contributed by atoms with Gasteiger partial charge in [0.05, 0.1) is 0 Å². The second-order valence-corrected chi connectivity index (χ2v) is 5.36. The fraction of sp³-hybridized carbons (Fsp3) is 0.833. The van der Waals surface area contributed by atoms with Crippen molar-refractivity contribution in [2.45, 2.75) is 62.1 Å². The highest BCUT2D eigenvalue weighted by Crippen LogP contribution is 2.14. The summed E-state index contributed by atoms with van der Waals surface area (Å²) in [4.78, 5) is 20.9. The lowest BCUT2D eigenvalue weighted by Crippen LogP contribution is -2.12. The van der Waals surface area contributed by atoms with Gasteiger partial charge >= 0.3 is 11.9 Å². The molecule has 2 atom stereocenters. The quantitative estimate of drug-likeness (QED) is 0.452. The predicted molar refractivity (Wildman–Crippen MR) is 71.5 cm³/mol. The highest BCUT2D eigenvalue weighted by Gasteiger charge is 2.13. The van der Waals surface area contributed by atoms with Crippen LogP contribution in [0.5, 0.6) is 0 Å². The fourth-order valence-electron chi connectivity index (χ4n) is 1.60. The van der Waals surface area contributed by atoms with Crippen LogP contribution >= 0.6 is 23.2 Å². The fourth-order valence-corrected chi connectivity index (χ4v) is 1.91. The van der Waals surface area contributed by atoms with Crippen LogP contribution < -0.4 is 0 Å². The van der Waals surface area contributed by atoms with Gasteiger partial charge in [0.15, 0.2) is 0 Å². The number of hydrogen-bond acceptors (Lipinski definition) is 2. The first-order valence-electron chi connectivity index (χ1n) is 6.19. The molecule has 0 aliphatic carbocycles. The maximum atomic E-state index is 10.4. The smallest absolute Gasteiger partial charge is 0.321 e. The summed E-state index contributed by atoms with van der Waals surface area (Å²) in [6.45, 7) is 0. The molecule has 0 saturated carbocycles. The largest absolute Gasteiger partial charge is 0.480 e. The molecular formula is C12H20Cl2O4. The van der Waals surface area contributed by atoms with Crippen molar-refractivity contribution >= 4 is 35.1 Å². The number of carboxylic acids is 2. The monoisotopic (exact) mass is 298 g/mol. The van der Waals surface area contributed by atoms with E-state index in [2.05, 4.69) is 0 Å². The Balaban J connectivity index is 3.26. The summed E-state index contributed by atoms with van der Waals surface area (Å²) in [6.07, 6.45) is 6.58. The molecule has 6 heteroatoms. The van der Waals surface area contributed by atoms with Gasteiger partial charge in [-0.2, -0.15) is 0 Å². The first-order chi connectivity index (χ1) is 8.45. The van der Waals surface area contributed by atoms with Crippen molar-refractivity contribution in [3.63, 3.8) is 0 Å². The number of hydrogen-bond donors (Lipinski definition) is 2. The molecule has 18 heavy (non-hydrogen) atoms. The van der Waals surface area contributed by atoms with Crippen molar-refractivity contribution < 1.29 is 19.8 Å². The van der Waals surface area contributed by atoms with Crippen molar-refractivity contribution in [1.29, 1.82) is 0 Å². The number of halogens is 2. The molecule has 0 aromatic carbocycles. The predicted octanol–water partition coefficient (Wildman–Crippen LogP) is 3.49. The van der Waals surface area contributed by atoms with Crippen LogP contribution in [0.2, 0.25) is 0 Å². The Bertz CT molecular complexity index is 232. The molecule has 0 aromatic heterocycles. The van der Waals surface area contributed by atoms with E-state index in [4.69, 9.17) is 33.4 Å². The minimum Gasteiger partial charge on any atom is -0.480 e. The van der Waals surface area contributed by atoms with Gasteiger partial charge in [0.2, 0.25) is 0 Å². The molecule has 0 saturated heterocycles. The first kappa shape index (κ1) is 17.5. The third-order valence-electron chi connectivity index (χ3n) is 2.70. The van der Waals surface area contributed by atoms with Crippen LogP contribution in [0.3, 0.4) is 0 Å². The summed E-state index contributed by atoms with van der Waals surface area (Å²) >= 11 is 11.1. The van der Waals surface area contributed by atoms with Gasteiger partial charge in [-0.25, -0.2) is 0 Å². The van der Waals surface area contributed by atoms with Crippen LogP contribution in [0.15, 0.2) is 0 Å². The highest BCUT2D eigenvalue weighted by atomic mass is 35.5. The number of rotatable bonds is 11. The van der Waals surface area contributed by atoms with Crippen molar-refractivity contribution in [2.24, 2.45) is 0 Å². The van der Waals surface area contributed by atoms with Gasteiger partial charge in [0.1, 0.15) is 10.8 Å². The summed E-state index contributed by atoms with van der Waals surface area (Å²) < 4.78 is 0. The summed E-state index contributed by atoms with van der Waals surface area (Å²) in [5.74, 6) is -1.92. The van der Waals surface area contributed by atoms with E-state index >= 15 is 0 Å². The molecule has 0 rings (SSSR count). The van der Waals surface area contributed by atoms with Crippen LogP contribution in [0.1, 0.15) is 51.4 Å². The van der Waals surface area contributed by atoms with Crippen molar-refractivity contribution in [3.8, 4) is 0 Å². The average molecular weight is 299 g/mol. The van der Waals surface area contributed by atoms with E-state index in [1.165, 1.54) is 0 Å².